The van der Waals surface area contributed by atoms with E-state index in [1.165, 1.54) is 104 Å². The van der Waals surface area contributed by atoms with Crippen LogP contribution in [-0.4, -0.2) is 94.4 Å². The number of carboxylic acid groups (broad SMARTS) is 1. The highest BCUT2D eigenvalue weighted by molar-refractivity contribution is 8.01. The van der Waals surface area contributed by atoms with Crippen molar-refractivity contribution in [1.29, 1.82) is 5.26 Å². The zero-order valence-corrected chi connectivity index (χ0v) is 39.1. The molecule has 2 aliphatic rings. The Bertz CT molecular complexity index is 1960. The monoisotopic (exact) mass is 886 g/mol. The van der Waals surface area contributed by atoms with Crippen LogP contribution in [0, 0.1) is 11.3 Å². The molecule has 0 aromatic heterocycles. The topological polar surface area (TPSA) is 178 Å². The number of methoxy groups -OCH3 is 2. The molecule has 2 amide bonds. The zero-order chi connectivity index (χ0) is 46.0. The Morgan fingerprint density at radius 3 is 2.10 bits per heavy atom. The summed E-state index contributed by atoms with van der Waals surface area (Å²) >= 11 is 1.35. The number of β-lactam (4-membered cyclic amide) rings is 1. The Kier molecular flexibility index (Phi) is 20.1. The van der Waals surface area contributed by atoms with Crippen LogP contribution < -0.4 is 20.5 Å². The van der Waals surface area contributed by atoms with Gasteiger partial charge in [0, 0.05) is 11.3 Å². The molecule has 12 nitrogen and oxygen atoms in total. The second kappa shape index (κ2) is 24.9. The van der Waals surface area contributed by atoms with E-state index in [0.717, 1.165) is 62.3 Å². The van der Waals surface area contributed by atoms with Gasteiger partial charge in [-0.05, 0) is 106 Å². The van der Waals surface area contributed by atoms with E-state index in [0.29, 0.717) is 5.56 Å². The molecule has 0 aliphatic carbocycles. The van der Waals surface area contributed by atoms with E-state index >= 15 is 0 Å². The van der Waals surface area contributed by atoms with Gasteiger partial charge in [0.1, 0.15) is 40.7 Å². The lowest BCUT2D eigenvalue weighted by molar-refractivity contribution is -0.161. The summed E-state index contributed by atoms with van der Waals surface area (Å²) in [5.74, 6) is -0.193. The van der Waals surface area contributed by atoms with E-state index in [9.17, 15) is 29.9 Å². The first kappa shape index (κ1) is 50.9. The number of carbonyl (C=O) groups excluding carboxylic acids is 2. The van der Waals surface area contributed by atoms with Crippen LogP contribution in [0.15, 0.2) is 72.8 Å². The number of likely N-dealkylation sites (N-methyl/N-ethyl adjacent to an activating group) is 1. The van der Waals surface area contributed by atoms with Crippen LogP contribution in [0.4, 0.5) is 0 Å². The number of hydrogen-bond acceptors (Lipinski definition) is 10. The maximum Gasteiger partial charge on any atom is 0.327 e. The predicted octanol–water partition coefficient (Wildman–Crippen LogP) is 8.75. The van der Waals surface area contributed by atoms with Crippen LogP contribution in [0.3, 0.4) is 0 Å². The Hall–Kier alpha value is -4.77. The van der Waals surface area contributed by atoms with Gasteiger partial charge in [0.2, 0.25) is 11.8 Å². The molecule has 2 fully saturated rings. The molecular formula is C50H71N5O7S. The van der Waals surface area contributed by atoms with Crippen molar-refractivity contribution < 1.29 is 34.1 Å². The molecule has 2 aliphatic heterocycles. The van der Waals surface area contributed by atoms with E-state index in [4.69, 9.17) is 15.2 Å². The number of rotatable bonds is 25. The number of nitriles is 1. The molecule has 5 atom stereocenters. The number of phenolic OH excluding ortho intramolecular Hbond substituents is 1. The number of amides is 2. The average molecular weight is 886 g/mol. The number of nitrogens with two attached hydrogens (primary N) is 1. The summed E-state index contributed by atoms with van der Waals surface area (Å²) in [5, 5.41) is 31.4. The van der Waals surface area contributed by atoms with Crippen molar-refractivity contribution in [3.63, 3.8) is 0 Å². The minimum Gasteiger partial charge on any atom is -0.508 e. The first-order chi connectivity index (χ1) is 30.2. The van der Waals surface area contributed by atoms with Gasteiger partial charge in [-0.2, -0.15) is 5.26 Å². The van der Waals surface area contributed by atoms with Crippen molar-refractivity contribution >= 4 is 29.5 Å². The van der Waals surface area contributed by atoms with Crippen molar-refractivity contribution in [3.05, 3.63) is 89.5 Å². The van der Waals surface area contributed by atoms with Gasteiger partial charge in [0.25, 0.3) is 0 Å². The summed E-state index contributed by atoms with van der Waals surface area (Å²) in [6.45, 7) is 7.78. The largest absolute Gasteiger partial charge is 0.508 e. The Balaban J connectivity index is 0.000000300. The van der Waals surface area contributed by atoms with Crippen LogP contribution in [0.2, 0.25) is 0 Å². The number of benzene rings is 3. The van der Waals surface area contributed by atoms with Crippen LogP contribution in [-0.2, 0) is 26.2 Å². The van der Waals surface area contributed by atoms with E-state index in [1.807, 2.05) is 18.2 Å². The van der Waals surface area contributed by atoms with Crippen molar-refractivity contribution in [2.75, 3.05) is 34.4 Å². The van der Waals surface area contributed by atoms with Crippen molar-refractivity contribution in [2.45, 2.75) is 144 Å². The molecule has 2 saturated heterocycles. The quantitative estimate of drug-likeness (QED) is 0.0472. The number of fused-ring (bicyclic) bond motifs is 1. The summed E-state index contributed by atoms with van der Waals surface area (Å²) in [5.41, 5.74) is 8.35. The first-order valence-electron chi connectivity index (χ1n) is 22.6. The number of unbranched alkanes of at least 4 members (excludes halogenated alkanes) is 9. The number of carboxylic acids is 1. The predicted molar refractivity (Wildman–Crippen MR) is 251 cm³/mol. The van der Waals surface area contributed by atoms with Gasteiger partial charge in [0.15, 0.2) is 0 Å². The number of aromatic hydroxyl groups is 1. The minimum absolute atomic E-state index is 0.0606. The summed E-state index contributed by atoms with van der Waals surface area (Å²) in [6, 6.07) is 22.5. The highest BCUT2D eigenvalue weighted by atomic mass is 32.2. The number of nitrogens with one attached hydrogen (secondary N) is 1. The molecule has 344 valence electrons. The smallest absolute Gasteiger partial charge is 0.327 e. The fraction of sp³-hybridized carbons (Fsp3) is 0.560. The molecule has 0 radical (unpaired) electrons. The molecule has 1 unspecified atom stereocenters. The molecule has 0 spiro atoms. The highest BCUT2D eigenvalue weighted by Crippen LogP contribution is 2.51. The van der Waals surface area contributed by atoms with Gasteiger partial charge in [-0.25, -0.2) is 4.79 Å². The van der Waals surface area contributed by atoms with Crippen LogP contribution in [0.5, 0.6) is 17.2 Å². The fourth-order valence-electron chi connectivity index (χ4n) is 8.56. The lowest BCUT2D eigenvalue weighted by atomic mass is 9.74. The van der Waals surface area contributed by atoms with E-state index in [1.54, 1.807) is 28.1 Å². The average Bonchev–Trinajstić information content (AvgIpc) is 3.55. The summed E-state index contributed by atoms with van der Waals surface area (Å²) < 4.78 is 10.2. The lowest BCUT2D eigenvalue weighted by Crippen LogP contribution is -2.71. The number of ether oxygens (including phenoxy) is 2. The maximum absolute atomic E-state index is 12.3. The first-order valence-corrected chi connectivity index (χ1v) is 23.5. The van der Waals surface area contributed by atoms with Gasteiger partial charge in [-0.3, -0.25) is 9.59 Å². The number of hydrogen-bond donors (Lipinski definition) is 4. The zero-order valence-electron chi connectivity index (χ0n) is 38.3. The molecule has 63 heavy (non-hydrogen) atoms. The van der Waals surface area contributed by atoms with E-state index in [-0.39, 0.29) is 5.75 Å². The van der Waals surface area contributed by atoms with Crippen LogP contribution >= 0.6 is 11.8 Å². The number of aliphatic carboxylic acids is 1. The number of phenols is 1. The summed E-state index contributed by atoms with van der Waals surface area (Å²) in [7, 11) is 5.60. The molecule has 0 bridgehead atoms. The highest BCUT2D eigenvalue weighted by Gasteiger charge is 2.64. The Morgan fingerprint density at radius 2 is 1.49 bits per heavy atom. The van der Waals surface area contributed by atoms with E-state index < -0.39 is 51.4 Å². The third-order valence-corrected chi connectivity index (χ3v) is 13.9. The standard InChI is InChI=1S/C34H52N2O2.C16H19N3O5S/c1-5-6-7-8-9-10-11-12-13-14-23-34(29-35,31-19-16-21-33(28-31)38-4)24-17-25-36(2)26-22-30-18-15-20-32(27-30)37-3;1-16(2)11(15(23)24)19-13(22)10(14(19)25-16)18-12(21)9(17)7-3-5-8(20)6-4-7/h15-16,18-21,27-28H,5-14,17,22-26H2,1-4H3;3-6,9-11,14,20H,17H2,1-2H3,(H,18,21)(H,23,24)/t;9-,10-,11+,14-/m.1/s1. The molecule has 2 heterocycles. The van der Waals surface area contributed by atoms with Gasteiger partial charge >= 0.3 is 5.97 Å². The summed E-state index contributed by atoms with van der Waals surface area (Å²) in [4.78, 5) is 39.9. The van der Waals surface area contributed by atoms with Gasteiger partial charge in [-0.15, -0.1) is 11.8 Å². The fourth-order valence-corrected chi connectivity index (χ4v) is 10.2. The van der Waals surface area contributed by atoms with Gasteiger partial charge < -0.3 is 40.5 Å². The molecule has 3 aromatic rings. The minimum atomic E-state index is -1.06. The molecule has 3 aromatic carbocycles. The molecular weight excluding hydrogens is 815 g/mol. The van der Waals surface area contributed by atoms with Crippen molar-refractivity contribution in [2.24, 2.45) is 5.73 Å². The van der Waals surface area contributed by atoms with Gasteiger partial charge in [0.05, 0.1) is 25.7 Å². The number of carbonyl (C=O) groups is 3. The maximum atomic E-state index is 12.3. The number of thioether (sulfide) groups is 1. The third kappa shape index (κ3) is 14.4. The Labute approximate surface area is 379 Å². The molecule has 5 N–H and O–H groups in total. The van der Waals surface area contributed by atoms with Crippen molar-refractivity contribution in [1.82, 2.24) is 15.1 Å². The van der Waals surface area contributed by atoms with Crippen molar-refractivity contribution in [3.8, 4) is 23.3 Å². The normalized spacial score (nSPS) is 18.8. The second-order valence-electron chi connectivity index (χ2n) is 17.5. The molecule has 13 heteroatoms. The molecule has 0 saturated carbocycles. The van der Waals surface area contributed by atoms with E-state index in [2.05, 4.69) is 60.6 Å². The second-order valence-corrected chi connectivity index (χ2v) is 19.3. The van der Waals surface area contributed by atoms with Gasteiger partial charge in [-0.1, -0.05) is 108 Å². The molecule has 5 rings (SSSR count). The summed E-state index contributed by atoms with van der Waals surface area (Å²) in [6.07, 6.45) is 16.9. The third-order valence-electron chi connectivity index (χ3n) is 12.4. The SMILES string of the molecule is CC1(C)S[C@@H]2[C@H](NC(=O)[C@H](N)c3ccc(O)cc3)C(=O)N2[C@H]1C(=O)O.CCCCCCCCCCCCC(C#N)(CCCN(C)CCc1cccc(OC)c1)c1cccc(OC)c1. The lowest BCUT2D eigenvalue weighted by Gasteiger charge is -2.43. The van der Waals surface area contributed by atoms with Crippen LogP contribution in [0.25, 0.3) is 0 Å². The van der Waals surface area contributed by atoms with Crippen LogP contribution in [0.1, 0.15) is 127 Å². The Morgan fingerprint density at radius 1 is 0.905 bits per heavy atom. The number of nitrogens with zero attached hydrogens (tertiary/aromatic N) is 3.